The number of benzene rings is 8. The van der Waals surface area contributed by atoms with E-state index < -0.39 is 0 Å². The summed E-state index contributed by atoms with van der Waals surface area (Å²) in [6.07, 6.45) is 4.64. The first-order valence-corrected chi connectivity index (χ1v) is 25.4. The fourth-order valence-electron chi connectivity index (χ4n) is 11.4. The second-order valence-corrected chi connectivity index (χ2v) is 22.4. The smallest absolute Gasteiger partial charge is 0.270 e. The molecule has 0 spiro atoms. The van der Waals surface area contributed by atoms with Crippen LogP contribution in [0.1, 0.15) is 82.3 Å². The van der Waals surface area contributed by atoms with Crippen LogP contribution >= 0.6 is 11.8 Å². The number of hydrogen-bond donors (Lipinski definition) is 0. The van der Waals surface area contributed by atoms with Crippen molar-refractivity contribution < 1.29 is 0 Å². The molecule has 68 heavy (non-hydrogen) atoms. The first kappa shape index (κ1) is 42.7. The first-order chi connectivity index (χ1) is 32.9. The summed E-state index contributed by atoms with van der Waals surface area (Å²) in [4.78, 5) is 7.93. The highest BCUT2D eigenvalue weighted by Crippen LogP contribution is 2.49. The Bertz CT molecular complexity index is 3410. The molecule has 0 saturated carbocycles. The van der Waals surface area contributed by atoms with Gasteiger partial charge in [-0.25, -0.2) is 0 Å². The number of nitrogens with zero attached hydrogens (tertiary/aromatic N) is 3. The van der Waals surface area contributed by atoms with Crippen molar-refractivity contribution in [1.29, 1.82) is 0 Å². The van der Waals surface area contributed by atoms with Crippen molar-refractivity contribution in [2.24, 2.45) is 0 Å². The molecule has 8 aromatic carbocycles. The Morgan fingerprint density at radius 2 is 1.25 bits per heavy atom. The van der Waals surface area contributed by atoms with Crippen molar-refractivity contribution in [2.45, 2.75) is 94.8 Å². The van der Waals surface area contributed by atoms with Crippen molar-refractivity contribution >= 4 is 79.9 Å². The highest BCUT2D eigenvalue weighted by atomic mass is 32.2. The number of rotatable bonds is 6. The summed E-state index contributed by atoms with van der Waals surface area (Å²) in [5, 5.41) is 2.58. The van der Waals surface area contributed by atoms with E-state index in [1.54, 1.807) is 5.56 Å². The van der Waals surface area contributed by atoms with Gasteiger partial charge >= 0.3 is 0 Å². The maximum atomic E-state index is 2.73. The lowest BCUT2D eigenvalue weighted by molar-refractivity contribution is 0.590. The summed E-state index contributed by atoms with van der Waals surface area (Å²) in [5.41, 5.74) is 21.9. The first-order valence-electron chi connectivity index (χ1n) is 24.6. The maximum absolute atomic E-state index is 2.73. The molecule has 1 aliphatic carbocycles. The topological polar surface area (TPSA) is 11.4 Å². The highest BCUT2D eigenvalue weighted by molar-refractivity contribution is 8.00. The molecule has 3 heterocycles. The summed E-state index contributed by atoms with van der Waals surface area (Å²) in [5.74, 6) is 0. The Hall–Kier alpha value is -6.69. The molecule has 334 valence electrons. The molecule has 0 saturated heterocycles. The van der Waals surface area contributed by atoms with E-state index in [1.807, 2.05) is 11.8 Å². The number of aromatic nitrogens is 1. The molecule has 0 radical (unpaired) electrons. The van der Waals surface area contributed by atoms with Crippen LogP contribution in [0.5, 0.6) is 0 Å². The van der Waals surface area contributed by atoms with Crippen LogP contribution in [0.25, 0.3) is 27.6 Å². The summed E-state index contributed by atoms with van der Waals surface area (Å²) < 4.78 is 2.73. The zero-order valence-electron chi connectivity index (χ0n) is 40.4. The number of anilines is 6. The van der Waals surface area contributed by atoms with Gasteiger partial charge in [-0.15, -0.1) is 0 Å². The summed E-state index contributed by atoms with van der Waals surface area (Å²) in [7, 11) is 0. The van der Waals surface area contributed by atoms with Gasteiger partial charge in [0.2, 0.25) is 0 Å². The van der Waals surface area contributed by atoms with Crippen LogP contribution in [-0.4, -0.2) is 11.3 Å². The Morgan fingerprint density at radius 1 is 0.574 bits per heavy atom. The minimum Gasteiger partial charge on any atom is -0.324 e. The van der Waals surface area contributed by atoms with Gasteiger partial charge in [0.05, 0.1) is 11.4 Å². The third-order valence-corrected chi connectivity index (χ3v) is 16.0. The van der Waals surface area contributed by atoms with Gasteiger partial charge < -0.3 is 14.4 Å². The van der Waals surface area contributed by atoms with Gasteiger partial charge in [-0.2, -0.15) is 0 Å². The summed E-state index contributed by atoms with van der Waals surface area (Å²) in [6.45, 7) is 16.1. The average Bonchev–Trinajstić information content (AvgIpc) is 3.67. The van der Waals surface area contributed by atoms with Crippen LogP contribution in [0.2, 0.25) is 0 Å². The largest absolute Gasteiger partial charge is 0.324 e. The molecule has 0 bridgehead atoms. The molecule has 5 heteroatoms. The van der Waals surface area contributed by atoms with Crippen molar-refractivity contribution in [3.8, 4) is 16.8 Å². The lowest BCUT2D eigenvalue weighted by Gasteiger charge is -2.41. The molecule has 0 atom stereocenters. The van der Waals surface area contributed by atoms with E-state index in [9.17, 15) is 0 Å². The summed E-state index contributed by atoms with van der Waals surface area (Å²) in [6, 6.07) is 66.7. The molecule has 0 N–H and O–H groups in total. The second kappa shape index (κ2) is 16.2. The van der Waals surface area contributed by atoms with Gasteiger partial charge in [-0.3, -0.25) is 0 Å². The quantitative estimate of drug-likeness (QED) is 0.154. The minimum absolute atomic E-state index is 0.0202. The number of hydrogen-bond acceptors (Lipinski definition) is 3. The number of para-hydroxylation sites is 1. The predicted molar refractivity (Wildman–Crippen MR) is 292 cm³/mol. The standard InChI is InChI=1S/C63H58BN3S/c1-41-37-57-59-58(38-41)68-60-50-26-16-17-27-54(50)67(53-28-18-22-42-21-14-15-25-49(42)53)61(60)64(59)52-35-34-48(40-56(52)66(57)46-23-12-9-13-24-46)65(47-32-29-44(30-33-47)62(2,3)4)55-36-31-45(63(5,6)7)39-51(55)43-19-10-8-11-20-43/h8-15,18-25,28-40H,16-17,26-27H2,1-7H3. The Morgan fingerprint density at radius 3 is 2.01 bits per heavy atom. The zero-order chi connectivity index (χ0) is 46.5. The van der Waals surface area contributed by atoms with Gasteiger partial charge in [0.15, 0.2) is 0 Å². The number of aryl methyl sites for hydroxylation is 1. The van der Waals surface area contributed by atoms with Crippen LogP contribution < -0.4 is 26.3 Å². The minimum atomic E-state index is -0.0202. The number of fused-ring (bicyclic) bond motifs is 7. The molecule has 2 aliphatic heterocycles. The van der Waals surface area contributed by atoms with Crippen LogP contribution in [-0.2, 0) is 23.7 Å². The maximum Gasteiger partial charge on any atom is 0.270 e. The average molecular weight is 900 g/mol. The molecule has 3 aliphatic rings. The second-order valence-electron chi connectivity index (χ2n) is 21.3. The Balaban J connectivity index is 1.15. The molecular formula is C63H58BN3S. The molecule has 0 unspecified atom stereocenters. The van der Waals surface area contributed by atoms with Crippen LogP contribution in [0, 0.1) is 6.92 Å². The van der Waals surface area contributed by atoms with E-state index in [2.05, 4.69) is 239 Å². The van der Waals surface area contributed by atoms with Gasteiger partial charge in [0, 0.05) is 60.5 Å². The molecule has 0 fully saturated rings. The monoisotopic (exact) mass is 899 g/mol. The van der Waals surface area contributed by atoms with Crippen LogP contribution in [0.4, 0.5) is 34.1 Å². The molecule has 12 rings (SSSR count). The van der Waals surface area contributed by atoms with Crippen molar-refractivity contribution in [1.82, 2.24) is 4.57 Å². The fourth-order valence-corrected chi connectivity index (χ4v) is 12.8. The van der Waals surface area contributed by atoms with E-state index in [0.29, 0.717) is 0 Å². The fraction of sp³-hybridized carbons (Fsp3) is 0.206. The van der Waals surface area contributed by atoms with Crippen LogP contribution in [0.3, 0.4) is 0 Å². The van der Waals surface area contributed by atoms with E-state index in [-0.39, 0.29) is 17.5 Å². The van der Waals surface area contributed by atoms with Crippen LogP contribution in [0.15, 0.2) is 186 Å². The Kier molecular flexibility index (Phi) is 10.2. The molecule has 1 aromatic heterocycles. The van der Waals surface area contributed by atoms with E-state index in [4.69, 9.17) is 0 Å². The third kappa shape index (κ3) is 7.04. The summed E-state index contributed by atoms with van der Waals surface area (Å²) >= 11 is 2.02. The van der Waals surface area contributed by atoms with Crippen molar-refractivity contribution in [3.05, 3.63) is 204 Å². The molecule has 0 amide bonds. The van der Waals surface area contributed by atoms with Gasteiger partial charge in [-0.05, 0) is 154 Å². The molecule has 9 aromatic rings. The van der Waals surface area contributed by atoms with E-state index in [0.717, 1.165) is 35.6 Å². The highest BCUT2D eigenvalue weighted by Gasteiger charge is 2.46. The van der Waals surface area contributed by atoms with Gasteiger partial charge in [0.25, 0.3) is 6.71 Å². The Labute approximate surface area is 407 Å². The normalized spacial score (nSPS) is 14.0. The van der Waals surface area contributed by atoms with Crippen molar-refractivity contribution in [3.63, 3.8) is 0 Å². The third-order valence-electron chi connectivity index (χ3n) is 14.8. The van der Waals surface area contributed by atoms with Gasteiger partial charge in [0.1, 0.15) is 0 Å². The van der Waals surface area contributed by atoms with Crippen molar-refractivity contribution in [2.75, 3.05) is 9.80 Å². The predicted octanol–water partition coefficient (Wildman–Crippen LogP) is 15.3. The molecule has 3 nitrogen and oxygen atoms in total. The SMILES string of the molecule is Cc1cc2c3c(c1)N(c1ccccc1)c1cc(N(c4ccc(C(C)(C)C)cc4)c4ccc(C(C)(C)C)cc4-c4ccccc4)ccc1B3c1c(c3c(n1-c1cccc4ccccc14)CCCC3)S2. The van der Waals surface area contributed by atoms with Gasteiger partial charge in [-0.1, -0.05) is 162 Å². The zero-order valence-corrected chi connectivity index (χ0v) is 41.2. The lowest BCUT2D eigenvalue weighted by Crippen LogP contribution is -2.61. The van der Waals surface area contributed by atoms with E-state index >= 15 is 0 Å². The molecular weight excluding hydrogens is 842 g/mol. The van der Waals surface area contributed by atoms with E-state index in [1.165, 1.54) is 100 Å². The lowest BCUT2D eigenvalue weighted by atomic mass is 9.36.